The number of hydrogen-bond acceptors (Lipinski definition) is 0. The lowest BCUT2D eigenvalue weighted by atomic mass is 10.1. The predicted octanol–water partition coefficient (Wildman–Crippen LogP) is 4.80. The normalized spacial score (nSPS) is 10.5. The number of nitrogens with zero attached hydrogens (tertiary/aromatic N) is 1. The molecule has 0 fully saturated rings. The Hall–Kier alpha value is -1.99. The van der Waals surface area contributed by atoms with Gasteiger partial charge in [0.2, 0.25) is 0 Å². The van der Waals surface area contributed by atoms with Gasteiger partial charge in [0.05, 0.1) is 0 Å². The van der Waals surface area contributed by atoms with E-state index in [0.717, 1.165) is 21.8 Å². The molecule has 0 aliphatic heterocycles. The summed E-state index contributed by atoms with van der Waals surface area (Å²) in [5.74, 6) is 0. The van der Waals surface area contributed by atoms with E-state index in [1.54, 1.807) is 0 Å². The van der Waals surface area contributed by atoms with Gasteiger partial charge in [-0.3, -0.25) is 0 Å². The van der Waals surface area contributed by atoms with Crippen molar-refractivity contribution in [3.05, 3.63) is 78.1 Å². The standard InChI is InChI=1S/C16H12ClN/c17-16-9-5-4-8-15(16)13-10-11-18(12-13)14-6-2-1-3-7-14/h1-12H. The van der Waals surface area contributed by atoms with Gasteiger partial charge in [-0.25, -0.2) is 0 Å². The van der Waals surface area contributed by atoms with Crippen molar-refractivity contribution in [1.29, 1.82) is 0 Å². The van der Waals surface area contributed by atoms with Gasteiger partial charge in [0.1, 0.15) is 0 Å². The van der Waals surface area contributed by atoms with Crippen molar-refractivity contribution < 1.29 is 0 Å². The second-order valence-electron chi connectivity index (χ2n) is 4.12. The minimum Gasteiger partial charge on any atom is -0.323 e. The summed E-state index contributed by atoms with van der Waals surface area (Å²) in [5.41, 5.74) is 3.34. The van der Waals surface area contributed by atoms with Crippen molar-refractivity contribution in [3.63, 3.8) is 0 Å². The fraction of sp³-hybridized carbons (Fsp3) is 0. The van der Waals surface area contributed by atoms with Crippen LogP contribution in [-0.4, -0.2) is 4.57 Å². The third kappa shape index (κ3) is 2.05. The molecule has 0 radical (unpaired) electrons. The largest absolute Gasteiger partial charge is 0.323 e. The number of aromatic nitrogens is 1. The monoisotopic (exact) mass is 253 g/mol. The molecule has 88 valence electrons. The van der Waals surface area contributed by atoms with Crippen LogP contribution in [0.4, 0.5) is 0 Å². The maximum atomic E-state index is 6.20. The molecule has 1 heterocycles. The van der Waals surface area contributed by atoms with Crippen LogP contribution in [0.1, 0.15) is 0 Å². The van der Waals surface area contributed by atoms with Crippen LogP contribution >= 0.6 is 11.6 Å². The molecule has 2 aromatic carbocycles. The van der Waals surface area contributed by atoms with Crippen LogP contribution in [-0.2, 0) is 0 Å². The van der Waals surface area contributed by atoms with E-state index in [-0.39, 0.29) is 0 Å². The molecule has 0 unspecified atom stereocenters. The zero-order valence-electron chi connectivity index (χ0n) is 9.75. The van der Waals surface area contributed by atoms with Crippen molar-refractivity contribution in [1.82, 2.24) is 4.57 Å². The quantitative estimate of drug-likeness (QED) is 0.618. The number of benzene rings is 2. The molecule has 2 heteroatoms. The van der Waals surface area contributed by atoms with Crippen LogP contribution in [0.15, 0.2) is 73.1 Å². The average Bonchev–Trinajstić information content (AvgIpc) is 2.90. The average molecular weight is 254 g/mol. The molecule has 0 saturated carbocycles. The zero-order valence-corrected chi connectivity index (χ0v) is 10.5. The first-order chi connectivity index (χ1) is 8.84. The second-order valence-corrected chi connectivity index (χ2v) is 4.53. The van der Waals surface area contributed by atoms with E-state index in [9.17, 15) is 0 Å². The lowest BCUT2D eigenvalue weighted by Gasteiger charge is -2.02. The van der Waals surface area contributed by atoms with Crippen LogP contribution in [0.2, 0.25) is 5.02 Å². The van der Waals surface area contributed by atoms with Crippen molar-refractivity contribution in [2.75, 3.05) is 0 Å². The van der Waals surface area contributed by atoms with Gasteiger partial charge in [-0.1, -0.05) is 48.0 Å². The molecular weight excluding hydrogens is 242 g/mol. The van der Waals surface area contributed by atoms with Crippen molar-refractivity contribution in [3.8, 4) is 16.8 Å². The van der Waals surface area contributed by atoms with Crippen LogP contribution in [0, 0.1) is 0 Å². The first-order valence-corrected chi connectivity index (χ1v) is 6.21. The maximum absolute atomic E-state index is 6.20. The first-order valence-electron chi connectivity index (χ1n) is 5.83. The number of para-hydroxylation sites is 1. The van der Waals surface area contributed by atoms with E-state index in [1.165, 1.54) is 0 Å². The Kier molecular flexibility index (Phi) is 2.91. The molecule has 3 aromatic rings. The second kappa shape index (κ2) is 4.71. The molecule has 1 nitrogen and oxygen atoms in total. The van der Waals surface area contributed by atoms with E-state index < -0.39 is 0 Å². The summed E-state index contributed by atoms with van der Waals surface area (Å²) in [7, 11) is 0. The molecule has 0 N–H and O–H groups in total. The molecule has 0 aliphatic carbocycles. The van der Waals surface area contributed by atoms with E-state index in [4.69, 9.17) is 11.6 Å². The molecule has 18 heavy (non-hydrogen) atoms. The molecule has 0 spiro atoms. The highest BCUT2D eigenvalue weighted by atomic mass is 35.5. The van der Waals surface area contributed by atoms with Crippen LogP contribution < -0.4 is 0 Å². The number of rotatable bonds is 2. The molecular formula is C16H12ClN. The van der Waals surface area contributed by atoms with Gasteiger partial charge in [-0.15, -0.1) is 0 Å². The van der Waals surface area contributed by atoms with E-state index >= 15 is 0 Å². The van der Waals surface area contributed by atoms with Gasteiger partial charge < -0.3 is 4.57 Å². The van der Waals surface area contributed by atoms with Gasteiger partial charge in [0.15, 0.2) is 0 Å². The predicted molar refractivity (Wildman–Crippen MR) is 76.2 cm³/mol. The Morgan fingerprint density at radius 2 is 1.50 bits per heavy atom. The Morgan fingerprint density at radius 3 is 2.28 bits per heavy atom. The van der Waals surface area contributed by atoms with Crippen molar-refractivity contribution in [2.24, 2.45) is 0 Å². The molecule has 0 aliphatic rings. The Labute approximate surface area is 111 Å². The van der Waals surface area contributed by atoms with Crippen molar-refractivity contribution in [2.45, 2.75) is 0 Å². The Bertz CT molecular complexity index is 656. The zero-order chi connectivity index (χ0) is 12.4. The highest BCUT2D eigenvalue weighted by molar-refractivity contribution is 6.33. The van der Waals surface area contributed by atoms with Gasteiger partial charge in [0.25, 0.3) is 0 Å². The minimum absolute atomic E-state index is 0.781. The lowest BCUT2D eigenvalue weighted by Crippen LogP contribution is -1.87. The number of hydrogen-bond donors (Lipinski definition) is 0. The SMILES string of the molecule is Clc1ccccc1-c1ccn(-c2ccccc2)c1. The van der Waals surface area contributed by atoms with Gasteiger partial charge in [-0.05, 0) is 24.3 Å². The topological polar surface area (TPSA) is 4.93 Å². The van der Waals surface area contributed by atoms with Crippen molar-refractivity contribution >= 4 is 11.6 Å². The van der Waals surface area contributed by atoms with Gasteiger partial charge in [0, 0.05) is 34.2 Å². The summed E-state index contributed by atoms with van der Waals surface area (Å²) < 4.78 is 2.10. The summed E-state index contributed by atoms with van der Waals surface area (Å²) in [4.78, 5) is 0. The molecule has 1 aromatic heterocycles. The highest BCUT2D eigenvalue weighted by Gasteiger charge is 2.04. The van der Waals surface area contributed by atoms with Crippen LogP contribution in [0.25, 0.3) is 16.8 Å². The molecule has 0 bridgehead atoms. The maximum Gasteiger partial charge on any atom is 0.0484 e. The molecule has 0 atom stereocenters. The summed E-state index contributed by atoms with van der Waals surface area (Å²) in [6.07, 6.45) is 4.14. The lowest BCUT2D eigenvalue weighted by molar-refractivity contribution is 1.08. The number of halogens is 1. The summed E-state index contributed by atoms with van der Waals surface area (Å²) in [6.45, 7) is 0. The molecule has 0 amide bonds. The fourth-order valence-electron chi connectivity index (χ4n) is 2.01. The van der Waals surface area contributed by atoms with E-state index in [2.05, 4.69) is 29.0 Å². The van der Waals surface area contributed by atoms with E-state index in [1.807, 2.05) is 48.7 Å². The summed E-state index contributed by atoms with van der Waals surface area (Å²) >= 11 is 6.20. The smallest absolute Gasteiger partial charge is 0.0484 e. The van der Waals surface area contributed by atoms with Crippen LogP contribution in [0.5, 0.6) is 0 Å². The summed E-state index contributed by atoms with van der Waals surface area (Å²) in [6, 6.07) is 20.2. The molecule has 0 saturated heterocycles. The fourth-order valence-corrected chi connectivity index (χ4v) is 2.26. The minimum atomic E-state index is 0.781. The van der Waals surface area contributed by atoms with Crippen LogP contribution in [0.3, 0.4) is 0 Å². The summed E-state index contributed by atoms with van der Waals surface area (Å²) in [5, 5.41) is 0.781. The highest BCUT2D eigenvalue weighted by Crippen LogP contribution is 2.28. The van der Waals surface area contributed by atoms with Gasteiger partial charge in [-0.2, -0.15) is 0 Å². The Morgan fingerprint density at radius 1 is 0.778 bits per heavy atom. The van der Waals surface area contributed by atoms with Gasteiger partial charge >= 0.3 is 0 Å². The molecule has 3 rings (SSSR count). The van der Waals surface area contributed by atoms with E-state index in [0.29, 0.717) is 0 Å². The third-order valence-electron chi connectivity index (χ3n) is 2.93. The third-order valence-corrected chi connectivity index (χ3v) is 3.26. The Balaban J connectivity index is 2.03. The first kappa shape index (κ1) is 11.1.